The van der Waals surface area contributed by atoms with Crippen molar-refractivity contribution in [3.63, 3.8) is 0 Å². The zero-order valence-electron chi connectivity index (χ0n) is 16.0. The number of hydrogen-bond acceptors (Lipinski definition) is 8. The fourth-order valence-corrected chi connectivity index (χ4v) is 3.67. The SMILES string of the molecule is C=C1C(=O)O[C@H]2/C=C(/CO)C(=O)[C@H]3O[C@@H]3[C@](C)(O)C[C@@H](OC(=O)/C(C)=C\C)[C@H]12. The van der Waals surface area contributed by atoms with E-state index in [0.717, 1.165) is 0 Å². The molecule has 2 saturated heterocycles. The van der Waals surface area contributed by atoms with Crippen LogP contribution in [0.3, 0.4) is 0 Å². The normalized spacial score (nSPS) is 40.0. The van der Waals surface area contributed by atoms with Gasteiger partial charge in [-0.25, -0.2) is 9.59 Å². The second-order valence-corrected chi connectivity index (χ2v) is 7.59. The van der Waals surface area contributed by atoms with Crippen LogP contribution in [0, 0.1) is 5.92 Å². The minimum absolute atomic E-state index is 0.0115. The maximum Gasteiger partial charge on any atom is 0.334 e. The fourth-order valence-electron chi connectivity index (χ4n) is 3.67. The molecule has 0 spiro atoms. The van der Waals surface area contributed by atoms with Gasteiger partial charge in [0.15, 0.2) is 5.78 Å². The van der Waals surface area contributed by atoms with E-state index in [1.807, 2.05) is 0 Å². The molecule has 1 aliphatic carbocycles. The van der Waals surface area contributed by atoms with Gasteiger partial charge >= 0.3 is 11.9 Å². The second kappa shape index (κ2) is 7.27. The van der Waals surface area contributed by atoms with Crippen molar-refractivity contribution in [3.8, 4) is 0 Å². The van der Waals surface area contributed by atoms with Gasteiger partial charge in [0.05, 0.1) is 18.1 Å². The molecule has 0 unspecified atom stereocenters. The molecule has 152 valence electrons. The predicted molar refractivity (Wildman–Crippen MR) is 95.9 cm³/mol. The lowest BCUT2D eigenvalue weighted by Gasteiger charge is -2.32. The number of esters is 2. The van der Waals surface area contributed by atoms with Crippen LogP contribution in [-0.2, 0) is 28.6 Å². The van der Waals surface area contributed by atoms with Crippen molar-refractivity contribution in [1.29, 1.82) is 0 Å². The van der Waals surface area contributed by atoms with E-state index in [4.69, 9.17) is 14.2 Å². The Morgan fingerprint density at radius 2 is 2.14 bits per heavy atom. The third kappa shape index (κ3) is 3.55. The molecule has 2 heterocycles. The molecule has 2 N–H and O–H groups in total. The van der Waals surface area contributed by atoms with Crippen molar-refractivity contribution >= 4 is 17.7 Å². The summed E-state index contributed by atoms with van der Waals surface area (Å²) in [6, 6.07) is 0. The Kier molecular flexibility index (Phi) is 5.31. The van der Waals surface area contributed by atoms with Gasteiger partial charge in [-0.2, -0.15) is 0 Å². The molecule has 0 saturated carbocycles. The highest BCUT2D eigenvalue weighted by atomic mass is 16.6. The Hall–Kier alpha value is -2.29. The molecule has 3 aliphatic rings. The largest absolute Gasteiger partial charge is 0.458 e. The highest BCUT2D eigenvalue weighted by molar-refractivity contribution is 6.01. The molecule has 2 aliphatic heterocycles. The molecule has 8 heteroatoms. The monoisotopic (exact) mass is 392 g/mol. The smallest absolute Gasteiger partial charge is 0.334 e. The van der Waals surface area contributed by atoms with Gasteiger partial charge in [-0.05, 0) is 26.8 Å². The number of epoxide rings is 1. The van der Waals surface area contributed by atoms with Gasteiger partial charge in [-0.1, -0.05) is 12.7 Å². The predicted octanol–water partition coefficient (Wildman–Crippen LogP) is 0.372. The Balaban J connectivity index is 2.05. The number of Topliss-reactive ketones (excluding diaryl/α,β-unsaturated/α-hetero) is 1. The first-order valence-corrected chi connectivity index (χ1v) is 9.08. The number of hydrogen-bond donors (Lipinski definition) is 2. The third-order valence-corrected chi connectivity index (χ3v) is 5.51. The van der Waals surface area contributed by atoms with Gasteiger partial charge < -0.3 is 24.4 Å². The fraction of sp³-hybridized carbons (Fsp3) is 0.550. The first-order chi connectivity index (χ1) is 13.1. The molecule has 0 aromatic carbocycles. The summed E-state index contributed by atoms with van der Waals surface area (Å²) >= 11 is 0. The molecule has 2 fully saturated rings. The van der Waals surface area contributed by atoms with Crippen LogP contribution in [-0.4, -0.2) is 64.6 Å². The average Bonchev–Trinajstić information content (AvgIpc) is 3.40. The van der Waals surface area contributed by atoms with Crippen molar-refractivity contribution in [1.82, 2.24) is 0 Å². The zero-order chi connectivity index (χ0) is 20.8. The topological polar surface area (TPSA) is 123 Å². The van der Waals surface area contributed by atoms with Gasteiger partial charge in [-0.3, -0.25) is 4.79 Å². The van der Waals surface area contributed by atoms with Gasteiger partial charge in [0.25, 0.3) is 0 Å². The van der Waals surface area contributed by atoms with Crippen LogP contribution in [0.15, 0.2) is 35.5 Å². The lowest BCUT2D eigenvalue weighted by Crippen LogP contribution is -2.44. The molecular formula is C20H24O8. The minimum atomic E-state index is -1.51. The first kappa shape index (κ1) is 20.4. The number of ether oxygens (including phenoxy) is 3. The standard InChI is InChI=1S/C20H24O8/c1-5-9(2)18(23)27-13-7-20(4,25)17-16(28-17)15(22)11(8-21)6-12-14(13)10(3)19(24)26-12/h5-6,12-14,16-17,21,25H,3,7-8H2,1-2,4H3/b9-5-,11-6-/t12-,13+,14+,16+,17-,20+/m0/s1. The van der Waals surface area contributed by atoms with Crippen molar-refractivity contribution in [2.24, 2.45) is 5.92 Å². The molecule has 0 bridgehead atoms. The maximum atomic E-state index is 12.5. The van der Waals surface area contributed by atoms with Crippen molar-refractivity contribution in [2.45, 2.75) is 57.2 Å². The van der Waals surface area contributed by atoms with E-state index in [2.05, 4.69) is 6.58 Å². The number of aliphatic hydroxyl groups is 2. The number of ketones is 1. The van der Waals surface area contributed by atoms with Crippen LogP contribution in [0.4, 0.5) is 0 Å². The molecule has 8 nitrogen and oxygen atoms in total. The first-order valence-electron chi connectivity index (χ1n) is 9.08. The van der Waals surface area contributed by atoms with E-state index < -0.39 is 60.3 Å². The van der Waals surface area contributed by atoms with Crippen LogP contribution < -0.4 is 0 Å². The van der Waals surface area contributed by atoms with Crippen molar-refractivity contribution < 1.29 is 38.8 Å². The molecule has 3 rings (SSSR count). The van der Waals surface area contributed by atoms with Crippen LogP contribution in [0.2, 0.25) is 0 Å². The van der Waals surface area contributed by atoms with E-state index in [-0.39, 0.29) is 17.6 Å². The van der Waals surface area contributed by atoms with Gasteiger partial charge in [0.1, 0.15) is 24.4 Å². The zero-order valence-corrected chi connectivity index (χ0v) is 16.0. The Labute approximate surface area is 162 Å². The lowest BCUT2D eigenvalue weighted by molar-refractivity contribution is -0.151. The number of fused-ring (bicyclic) bond motifs is 2. The molecular weight excluding hydrogens is 368 g/mol. The average molecular weight is 392 g/mol. The molecule has 6 atom stereocenters. The Bertz CT molecular complexity index is 790. The number of carbonyl (C=O) groups is 3. The van der Waals surface area contributed by atoms with E-state index in [9.17, 15) is 24.6 Å². The van der Waals surface area contributed by atoms with E-state index in [1.165, 1.54) is 13.0 Å². The quantitative estimate of drug-likeness (QED) is 0.401. The molecule has 0 radical (unpaired) electrons. The summed E-state index contributed by atoms with van der Waals surface area (Å²) in [5, 5.41) is 20.5. The second-order valence-electron chi connectivity index (χ2n) is 7.59. The summed E-state index contributed by atoms with van der Waals surface area (Å²) in [6.07, 6.45) is -0.752. The summed E-state index contributed by atoms with van der Waals surface area (Å²) in [7, 11) is 0. The number of aliphatic hydroxyl groups excluding tert-OH is 1. The number of allylic oxidation sites excluding steroid dienone is 1. The lowest BCUT2D eigenvalue weighted by atomic mass is 9.80. The molecule has 0 amide bonds. The van der Waals surface area contributed by atoms with Crippen LogP contribution in [0.1, 0.15) is 27.2 Å². The summed E-state index contributed by atoms with van der Waals surface area (Å²) < 4.78 is 16.3. The van der Waals surface area contributed by atoms with E-state index in [0.29, 0.717) is 5.57 Å². The number of carbonyl (C=O) groups excluding carboxylic acids is 3. The summed E-state index contributed by atoms with van der Waals surface area (Å²) in [5.41, 5.74) is -1.06. The highest BCUT2D eigenvalue weighted by Gasteiger charge is 2.59. The van der Waals surface area contributed by atoms with Crippen LogP contribution >= 0.6 is 0 Å². The number of rotatable bonds is 3. The molecule has 0 aromatic heterocycles. The van der Waals surface area contributed by atoms with Crippen molar-refractivity contribution in [2.75, 3.05) is 6.61 Å². The minimum Gasteiger partial charge on any atom is -0.458 e. The van der Waals surface area contributed by atoms with Gasteiger partial charge in [-0.15, -0.1) is 0 Å². The Morgan fingerprint density at radius 3 is 2.75 bits per heavy atom. The summed E-state index contributed by atoms with van der Waals surface area (Å²) in [4.78, 5) is 37.1. The van der Waals surface area contributed by atoms with Gasteiger partial charge in [0, 0.05) is 23.1 Å². The highest BCUT2D eigenvalue weighted by Crippen LogP contribution is 2.43. The van der Waals surface area contributed by atoms with E-state index >= 15 is 0 Å². The third-order valence-electron chi connectivity index (χ3n) is 5.51. The molecule has 28 heavy (non-hydrogen) atoms. The summed E-state index contributed by atoms with van der Waals surface area (Å²) in [6.45, 7) is 7.92. The van der Waals surface area contributed by atoms with E-state index in [1.54, 1.807) is 19.9 Å². The van der Waals surface area contributed by atoms with Crippen LogP contribution in [0.25, 0.3) is 0 Å². The Morgan fingerprint density at radius 1 is 1.46 bits per heavy atom. The van der Waals surface area contributed by atoms with Crippen LogP contribution in [0.5, 0.6) is 0 Å². The molecule has 0 aromatic rings. The van der Waals surface area contributed by atoms with Crippen molar-refractivity contribution in [3.05, 3.63) is 35.5 Å². The summed E-state index contributed by atoms with van der Waals surface area (Å²) in [5.74, 6) is -2.56. The maximum absolute atomic E-state index is 12.5. The van der Waals surface area contributed by atoms with Gasteiger partial charge in [0.2, 0.25) is 0 Å².